The summed E-state index contributed by atoms with van der Waals surface area (Å²) in [4.78, 5) is 29.1. The van der Waals surface area contributed by atoms with Crippen LogP contribution in [0, 0.1) is 27.7 Å². The van der Waals surface area contributed by atoms with Gasteiger partial charge in [-0.3, -0.25) is 4.98 Å². The van der Waals surface area contributed by atoms with Gasteiger partial charge in [-0.1, -0.05) is 35.3 Å². The van der Waals surface area contributed by atoms with Crippen LogP contribution in [0.2, 0.25) is 10.0 Å². The summed E-state index contributed by atoms with van der Waals surface area (Å²) in [5, 5.41) is 0.698. The van der Waals surface area contributed by atoms with Crippen molar-refractivity contribution in [2.24, 2.45) is 0 Å². The van der Waals surface area contributed by atoms with Gasteiger partial charge in [0.05, 0.1) is 21.2 Å². The lowest BCUT2D eigenvalue weighted by Gasteiger charge is -2.11. The zero-order valence-electron chi connectivity index (χ0n) is 16.9. The number of hydrogen-bond donors (Lipinski definition) is 0. The molecule has 2 aromatic carbocycles. The van der Waals surface area contributed by atoms with E-state index >= 15 is 0 Å². The fourth-order valence-electron chi connectivity index (χ4n) is 2.95. The Kier molecular flexibility index (Phi) is 6.44. The predicted octanol–water partition coefficient (Wildman–Crippen LogP) is 6.06. The van der Waals surface area contributed by atoms with Crippen molar-refractivity contribution in [1.82, 2.24) is 4.98 Å². The Morgan fingerprint density at radius 3 is 1.50 bits per heavy atom. The number of aryl methyl sites for hydroxylation is 4. The average molecular weight is 444 g/mol. The van der Waals surface area contributed by atoms with Crippen LogP contribution in [0.1, 0.15) is 43.0 Å². The SMILES string of the molecule is Cc1cc(C)c(Cl)c(OC(=O)c2cncc(C(=O)Oc3cc(C)cc(C)c3Cl)c2)c1. The second-order valence-corrected chi connectivity index (χ2v) is 7.79. The Morgan fingerprint density at radius 2 is 1.10 bits per heavy atom. The maximum atomic E-state index is 12.6. The summed E-state index contributed by atoms with van der Waals surface area (Å²) < 4.78 is 10.8. The van der Waals surface area contributed by atoms with Crippen LogP contribution in [0.5, 0.6) is 11.5 Å². The van der Waals surface area contributed by atoms with E-state index in [0.717, 1.165) is 22.3 Å². The molecule has 0 saturated carbocycles. The highest BCUT2D eigenvalue weighted by Gasteiger charge is 2.18. The highest BCUT2D eigenvalue weighted by atomic mass is 35.5. The van der Waals surface area contributed by atoms with E-state index in [1.165, 1.54) is 18.5 Å². The first-order chi connectivity index (χ1) is 14.2. The number of halogens is 2. The number of pyridine rings is 1. The highest BCUT2D eigenvalue weighted by molar-refractivity contribution is 6.33. The number of rotatable bonds is 4. The van der Waals surface area contributed by atoms with Crippen LogP contribution >= 0.6 is 23.2 Å². The predicted molar refractivity (Wildman–Crippen MR) is 116 cm³/mol. The summed E-state index contributed by atoms with van der Waals surface area (Å²) in [7, 11) is 0. The van der Waals surface area contributed by atoms with Crippen molar-refractivity contribution in [3.63, 3.8) is 0 Å². The van der Waals surface area contributed by atoms with Gasteiger partial charge in [0.25, 0.3) is 0 Å². The van der Waals surface area contributed by atoms with E-state index in [0.29, 0.717) is 10.0 Å². The number of ether oxygens (including phenoxy) is 2. The summed E-state index contributed by atoms with van der Waals surface area (Å²) in [5.41, 5.74) is 3.57. The topological polar surface area (TPSA) is 65.5 Å². The number of esters is 2. The van der Waals surface area contributed by atoms with Crippen LogP contribution in [-0.4, -0.2) is 16.9 Å². The monoisotopic (exact) mass is 443 g/mol. The third-order valence-corrected chi connectivity index (χ3v) is 5.31. The van der Waals surface area contributed by atoms with E-state index in [-0.39, 0.29) is 22.6 Å². The fourth-order valence-corrected chi connectivity index (χ4v) is 3.25. The van der Waals surface area contributed by atoms with Crippen molar-refractivity contribution in [2.75, 3.05) is 0 Å². The molecule has 154 valence electrons. The van der Waals surface area contributed by atoms with E-state index in [2.05, 4.69) is 4.98 Å². The first-order valence-electron chi connectivity index (χ1n) is 9.08. The zero-order valence-corrected chi connectivity index (χ0v) is 18.4. The summed E-state index contributed by atoms with van der Waals surface area (Å²) in [6, 6.07) is 8.46. The maximum Gasteiger partial charge on any atom is 0.345 e. The third kappa shape index (κ3) is 4.81. The maximum absolute atomic E-state index is 12.6. The van der Waals surface area contributed by atoms with Gasteiger partial charge in [0.2, 0.25) is 0 Å². The second-order valence-electron chi connectivity index (χ2n) is 7.03. The molecule has 3 rings (SSSR count). The minimum atomic E-state index is -0.687. The second kappa shape index (κ2) is 8.86. The van der Waals surface area contributed by atoms with Crippen LogP contribution in [0.4, 0.5) is 0 Å². The molecule has 1 aromatic heterocycles. The molecule has 30 heavy (non-hydrogen) atoms. The van der Waals surface area contributed by atoms with Crippen LogP contribution in [-0.2, 0) is 0 Å². The molecule has 0 aliphatic carbocycles. The first-order valence-corrected chi connectivity index (χ1v) is 9.84. The molecule has 0 spiro atoms. The van der Waals surface area contributed by atoms with E-state index in [1.54, 1.807) is 12.1 Å². The quantitative estimate of drug-likeness (QED) is 0.362. The van der Waals surface area contributed by atoms with E-state index in [9.17, 15) is 9.59 Å². The van der Waals surface area contributed by atoms with Gasteiger partial charge in [0, 0.05) is 12.4 Å². The van der Waals surface area contributed by atoms with E-state index < -0.39 is 11.9 Å². The van der Waals surface area contributed by atoms with Gasteiger partial charge in [0.1, 0.15) is 11.5 Å². The lowest BCUT2D eigenvalue weighted by atomic mass is 10.1. The lowest BCUT2D eigenvalue weighted by molar-refractivity contribution is 0.0734. The Morgan fingerprint density at radius 1 is 0.700 bits per heavy atom. The van der Waals surface area contributed by atoms with Gasteiger partial charge in [-0.2, -0.15) is 0 Å². The minimum Gasteiger partial charge on any atom is -0.421 e. The first kappa shape index (κ1) is 21.8. The number of aromatic nitrogens is 1. The van der Waals surface area contributed by atoms with Crippen molar-refractivity contribution < 1.29 is 19.1 Å². The molecule has 0 amide bonds. The Labute approximate surface area is 184 Å². The Bertz CT molecular complexity index is 1070. The molecular formula is C23H19Cl2NO4. The van der Waals surface area contributed by atoms with Gasteiger partial charge in [-0.25, -0.2) is 9.59 Å². The number of benzene rings is 2. The Hall–Kier alpha value is -2.89. The number of nitrogens with zero attached hydrogens (tertiary/aromatic N) is 1. The lowest BCUT2D eigenvalue weighted by Crippen LogP contribution is -2.14. The largest absolute Gasteiger partial charge is 0.421 e. The molecule has 0 unspecified atom stereocenters. The molecule has 5 nitrogen and oxygen atoms in total. The molecule has 0 atom stereocenters. The van der Waals surface area contributed by atoms with Crippen molar-refractivity contribution >= 4 is 35.1 Å². The summed E-state index contributed by atoms with van der Waals surface area (Å²) in [6.45, 7) is 7.39. The van der Waals surface area contributed by atoms with Gasteiger partial charge in [-0.15, -0.1) is 0 Å². The molecular weight excluding hydrogens is 425 g/mol. The van der Waals surface area contributed by atoms with Crippen LogP contribution in [0.3, 0.4) is 0 Å². The molecule has 1 heterocycles. The van der Waals surface area contributed by atoms with E-state index in [1.807, 2.05) is 39.8 Å². The zero-order chi connectivity index (χ0) is 22.0. The minimum absolute atomic E-state index is 0.0891. The summed E-state index contributed by atoms with van der Waals surface area (Å²) in [6.07, 6.45) is 2.61. The van der Waals surface area contributed by atoms with Crippen molar-refractivity contribution in [1.29, 1.82) is 0 Å². The van der Waals surface area contributed by atoms with E-state index in [4.69, 9.17) is 32.7 Å². The smallest absolute Gasteiger partial charge is 0.345 e. The molecule has 0 aliphatic heterocycles. The third-order valence-electron chi connectivity index (χ3n) is 4.35. The molecule has 0 radical (unpaired) electrons. The summed E-state index contributed by atoms with van der Waals surface area (Å²) >= 11 is 12.5. The number of hydrogen-bond acceptors (Lipinski definition) is 5. The molecule has 0 bridgehead atoms. The molecule has 3 aromatic rings. The van der Waals surface area contributed by atoms with Crippen LogP contribution in [0.25, 0.3) is 0 Å². The van der Waals surface area contributed by atoms with Crippen LogP contribution < -0.4 is 9.47 Å². The standard InChI is InChI=1S/C23H19Cl2NO4/c1-12-5-14(3)20(24)18(7-12)29-22(27)16-9-17(11-26-10-16)23(28)30-19-8-13(2)6-15(4)21(19)25/h5-11H,1-4H3. The normalized spacial score (nSPS) is 10.6. The number of carbonyl (C=O) groups excluding carboxylic acids is 2. The van der Waals surface area contributed by atoms with Gasteiger partial charge in [0.15, 0.2) is 0 Å². The fraction of sp³-hybridized carbons (Fsp3) is 0.174. The summed E-state index contributed by atoms with van der Waals surface area (Å²) in [5.74, 6) is -0.884. The van der Waals surface area contributed by atoms with Crippen LogP contribution in [0.15, 0.2) is 42.7 Å². The van der Waals surface area contributed by atoms with Gasteiger partial charge >= 0.3 is 11.9 Å². The van der Waals surface area contributed by atoms with Crippen molar-refractivity contribution in [2.45, 2.75) is 27.7 Å². The van der Waals surface area contributed by atoms with Crippen molar-refractivity contribution in [3.05, 3.63) is 86.2 Å². The molecule has 0 fully saturated rings. The average Bonchev–Trinajstić information content (AvgIpc) is 2.69. The van der Waals surface area contributed by atoms with Gasteiger partial charge < -0.3 is 9.47 Å². The Balaban J connectivity index is 1.82. The van der Waals surface area contributed by atoms with Crippen molar-refractivity contribution in [3.8, 4) is 11.5 Å². The molecule has 0 aliphatic rings. The molecule has 0 saturated heterocycles. The molecule has 7 heteroatoms. The van der Waals surface area contributed by atoms with Gasteiger partial charge in [-0.05, 0) is 68.1 Å². The molecule has 0 N–H and O–H groups in total. The highest BCUT2D eigenvalue weighted by Crippen LogP contribution is 2.31. The number of carbonyl (C=O) groups is 2.